The minimum Gasteiger partial charge on any atom is -0.308 e. The van der Waals surface area contributed by atoms with Gasteiger partial charge in [0.25, 0.3) is 0 Å². The Morgan fingerprint density at radius 2 is 2.17 bits per heavy atom. The molecule has 0 saturated heterocycles. The number of hydrogen-bond donors (Lipinski definition) is 1. The molecule has 0 aromatic carbocycles. The van der Waals surface area contributed by atoms with Gasteiger partial charge in [-0.1, -0.05) is 20.8 Å². The zero-order valence-corrected chi connectivity index (χ0v) is 13.2. The van der Waals surface area contributed by atoms with E-state index in [1.54, 1.807) is 0 Å². The van der Waals surface area contributed by atoms with Crippen molar-refractivity contribution in [2.24, 2.45) is 11.8 Å². The van der Waals surface area contributed by atoms with Crippen LogP contribution in [-0.4, -0.2) is 12.0 Å². The summed E-state index contributed by atoms with van der Waals surface area (Å²) in [7, 11) is 2.11. The van der Waals surface area contributed by atoms with Gasteiger partial charge in [0.05, 0.1) is 11.2 Å². The fraction of sp³-hybridized carbons (Fsp3) is 0.800. The van der Waals surface area contributed by atoms with Crippen molar-refractivity contribution >= 4 is 11.3 Å². The second-order valence-electron chi connectivity index (χ2n) is 5.88. The van der Waals surface area contributed by atoms with Gasteiger partial charge in [-0.3, -0.25) is 0 Å². The summed E-state index contributed by atoms with van der Waals surface area (Å²) in [4.78, 5) is 6.32. The van der Waals surface area contributed by atoms with Gasteiger partial charge >= 0.3 is 0 Å². The van der Waals surface area contributed by atoms with Gasteiger partial charge in [0.1, 0.15) is 5.01 Å². The van der Waals surface area contributed by atoms with Crippen LogP contribution in [0.2, 0.25) is 0 Å². The van der Waals surface area contributed by atoms with E-state index in [0.717, 1.165) is 12.3 Å². The van der Waals surface area contributed by atoms with Crippen LogP contribution < -0.4 is 5.32 Å². The molecular weight excluding hydrogens is 240 g/mol. The van der Waals surface area contributed by atoms with Crippen LogP contribution in [-0.2, 0) is 12.0 Å². The van der Waals surface area contributed by atoms with Gasteiger partial charge in [-0.25, -0.2) is 4.98 Å². The molecule has 0 radical (unpaired) electrons. The number of nitrogens with zero attached hydrogens (tertiary/aromatic N) is 1. The van der Waals surface area contributed by atoms with Crippen molar-refractivity contribution in [1.82, 2.24) is 10.3 Å². The van der Waals surface area contributed by atoms with Crippen LogP contribution in [0.25, 0.3) is 0 Å². The van der Waals surface area contributed by atoms with Gasteiger partial charge in [-0.15, -0.1) is 11.3 Å². The summed E-state index contributed by atoms with van der Waals surface area (Å²) in [6, 6.07) is 0. The molecule has 0 aliphatic heterocycles. The van der Waals surface area contributed by atoms with Crippen molar-refractivity contribution in [3.05, 3.63) is 15.6 Å². The molecule has 1 heterocycles. The predicted octanol–water partition coefficient (Wildman–Crippen LogP) is 3.88. The van der Waals surface area contributed by atoms with E-state index in [0.29, 0.717) is 5.92 Å². The monoisotopic (exact) mass is 266 g/mol. The normalized spacial score (nSPS) is 32.7. The van der Waals surface area contributed by atoms with E-state index >= 15 is 0 Å². The lowest BCUT2D eigenvalue weighted by molar-refractivity contribution is 0.130. The minimum atomic E-state index is 0.120. The smallest absolute Gasteiger partial charge is 0.114 e. The molecule has 1 N–H and O–H groups in total. The molecule has 1 aromatic heterocycles. The molecule has 1 aliphatic carbocycles. The summed E-state index contributed by atoms with van der Waals surface area (Å²) < 4.78 is 0. The third kappa shape index (κ3) is 2.23. The van der Waals surface area contributed by atoms with Crippen LogP contribution >= 0.6 is 11.3 Å². The Bertz CT molecular complexity index is 413. The van der Waals surface area contributed by atoms with Gasteiger partial charge in [0, 0.05) is 4.88 Å². The second-order valence-corrected chi connectivity index (χ2v) is 7.08. The second kappa shape index (κ2) is 5.30. The third-order valence-corrected chi connectivity index (χ3v) is 5.87. The predicted molar refractivity (Wildman–Crippen MR) is 79.1 cm³/mol. The van der Waals surface area contributed by atoms with E-state index in [2.05, 4.69) is 40.1 Å². The fourth-order valence-electron chi connectivity index (χ4n) is 3.39. The lowest BCUT2D eigenvalue weighted by atomic mass is 9.70. The highest BCUT2D eigenvalue weighted by atomic mass is 32.1. The first-order valence-electron chi connectivity index (χ1n) is 7.19. The molecule has 2 rings (SSSR count). The molecule has 2 nitrogen and oxygen atoms in total. The SMILES string of the molecule is CCc1nc(C2(NC)CCC(C)CC2C)sc1C. The molecule has 102 valence electrons. The molecule has 0 amide bonds. The van der Waals surface area contributed by atoms with Crippen molar-refractivity contribution in [2.45, 2.75) is 58.9 Å². The first-order valence-corrected chi connectivity index (χ1v) is 8.00. The molecule has 0 bridgehead atoms. The highest BCUT2D eigenvalue weighted by Crippen LogP contribution is 2.45. The highest BCUT2D eigenvalue weighted by Gasteiger charge is 2.42. The molecule has 3 unspecified atom stereocenters. The summed E-state index contributed by atoms with van der Waals surface area (Å²) in [6.45, 7) is 9.17. The summed E-state index contributed by atoms with van der Waals surface area (Å²) in [5.41, 5.74) is 1.41. The van der Waals surface area contributed by atoms with Crippen LogP contribution in [0.4, 0.5) is 0 Å². The molecule has 1 aliphatic rings. The molecular formula is C15H26N2S. The topological polar surface area (TPSA) is 24.9 Å². The molecule has 1 aromatic rings. The van der Waals surface area contributed by atoms with Gasteiger partial charge in [-0.2, -0.15) is 0 Å². The number of nitrogens with one attached hydrogen (secondary N) is 1. The summed E-state index contributed by atoms with van der Waals surface area (Å²) in [5, 5.41) is 4.93. The first kappa shape index (κ1) is 14.0. The first-order chi connectivity index (χ1) is 8.53. The Kier molecular flexibility index (Phi) is 4.12. The zero-order valence-electron chi connectivity index (χ0n) is 12.3. The van der Waals surface area contributed by atoms with Crippen molar-refractivity contribution < 1.29 is 0 Å². The number of aromatic nitrogens is 1. The van der Waals surface area contributed by atoms with Gasteiger partial charge in [0.15, 0.2) is 0 Å². The van der Waals surface area contributed by atoms with Crippen LogP contribution in [0.15, 0.2) is 0 Å². The molecule has 1 saturated carbocycles. The van der Waals surface area contributed by atoms with E-state index in [9.17, 15) is 0 Å². The summed E-state index contributed by atoms with van der Waals surface area (Å²) in [5.74, 6) is 1.52. The van der Waals surface area contributed by atoms with Crippen molar-refractivity contribution in [3.8, 4) is 0 Å². The van der Waals surface area contributed by atoms with E-state index in [1.807, 2.05) is 11.3 Å². The van der Waals surface area contributed by atoms with Crippen LogP contribution in [0.3, 0.4) is 0 Å². The quantitative estimate of drug-likeness (QED) is 0.898. The largest absolute Gasteiger partial charge is 0.308 e. The summed E-state index contributed by atoms with van der Waals surface area (Å²) >= 11 is 1.90. The lowest BCUT2D eigenvalue weighted by Crippen LogP contribution is -2.48. The van der Waals surface area contributed by atoms with E-state index in [4.69, 9.17) is 4.98 Å². The fourth-order valence-corrected chi connectivity index (χ4v) is 4.73. The Morgan fingerprint density at radius 1 is 1.44 bits per heavy atom. The van der Waals surface area contributed by atoms with Crippen LogP contribution in [0.1, 0.15) is 55.6 Å². The number of hydrogen-bond acceptors (Lipinski definition) is 3. The van der Waals surface area contributed by atoms with Crippen molar-refractivity contribution in [2.75, 3.05) is 7.05 Å². The number of rotatable bonds is 3. The average Bonchev–Trinajstić information content (AvgIpc) is 2.72. The van der Waals surface area contributed by atoms with Gasteiger partial charge < -0.3 is 5.32 Å². The van der Waals surface area contributed by atoms with Crippen LogP contribution in [0, 0.1) is 18.8 Å². The Hall–Kier alpha value is -0.410. The minimum absolute atomic E-state index is 0.120. The standard InChI is InChI=1S/C15H26N2S/c1-6-13-12(4)18-14(17-13)15(16-5)8-7-10(2)9-11(15)3/h10-11,16H,6-9H2,1-5H3. The zero-order chi connectivity index (χ0) is 13.3. The van der Waals surface area contributed by atoms with E-state index in [-0.39, 0.29) is 5.54 Å². The molecule has 0 spiro atoms. The maximum atomic E-state index is 4.93. The van der Waals surface area contributed by atoms with Crippen molar-refractivity contribution in [3.63, 3.8) is 0 Å². The maximum Gasteiger partial charge on any atom is 0.114 e. The third-order valence-electron chi connectivity index (χ3n) is 4.68. The van der Waals surface area contributed by atoms with E-state index in [1.165, 1.54) is 34.8 Å². The maximum absolute atomic E-state index is 4.93. The number of aryl methyl sites for hydroxylation is 2. The van der Waals surface area contributed by atoms with Crippen LogP contribution in [0.5, 0.6) is 0 Å². The molecule has 1 fully saturated rings. The molecule has 3 heteroatoms. The van der Waals surface area contributed by atoms with E-state index < -0.39 is 0 Å². The van der Waals surface area contributed by atoms with Gasteiger partial charge in [0.2, 0.25) is 0 Å². The Morgan fingerprint density at radius 3 is 2.67 bits per heavy atom. The lowest BCUT2D eigenvalue weighted by Gasteiger charge is -2.43. The number of thiazole rings is 1. The molecule has 3 atom stereocenters. The molecule has 18 heavy (non-hydrogen) atoms. The Balaban J connectivity index is 2.36. The highest BCUT2D eigenvalue weighted by molar-refractivity contribution is 7.11. The summed E-state index contributed by atoms with van der Waals surface area (Å²) in [6.07, 6.45) is 4.89. The average molecular weight is 266 g/mol. The van der Waals surface area contributed by atoms with Crippen molar-refractivity contribution in [1.29, 1.82) is 0 Å². The van der Waals surface area contributed by atoms with Gasteiger partial charge in [-0.05, 0) is 51.5 Å². The Labute approximate surface area is 115 Å².